The Balaban J connectivity index is 0.00000200. The van der Waals surface area contributed by atoms with Crippen molar-refractivity contribution >= 4 is 71.3 Å². The Kier molecular flexibility index (Phi) is 6.11. The van der Waals surface area contributed by atoms with Gasteiger partial charge in [-0.25, -0.2) is 8.42 Å². The number of benzene rings is 2. The zero-order valence-corrected chi connectivity index (χ0v) is 11.2. The molecule has 0 saturated heterocycles. The Hall–Kier alpha value is -0.0636. The molecule has 0 amide bonds. The van der Waals surface area contributed by atoms with Crippen molar-refractivity contribution in [2.45, 2.75) is 14.7 Å². The first kappa shape index (κ1) is 18.0. The Labute approximate surface area is 160 Å². The first-order valence-electron chi connectivity index (χ1n) is 5.20. The van der Waals surface area contributed by atoms with Crippen molar-refractivity contribution in [2.75, 3.05) is 0 Å². The summed E-state index contributed by atoms with van der Waals surface area (Å²) in [4.78, 5) is -1.10. The average Bonchev–Trinajstić information content (AvgIpc) is 2.39. The Morgan fingerprint density at radius 2 is 1.15 bits per heavy atom. The molecule has 0 aliphatic rings. The summed E-state index contributed by atoms with van der Waals surface area (Å²) < 4.78 is 56.2. The summed E-state index contributed by atoms with van der Waals surface area (Å²) >= 11 is 0. The third kappa shape index (κ3) is 3.77. The summed E-state index contributed by atoms with van der Waals surface area (Å²) in [6.45, 7) is 0. The Bertz CT molecular complexity index is 799. The number of hydrogen-bond acceptors (Lipinski definition) is 4. The fraction of sp³-hybridized carbons (Fsp3) is 0. The molecule has 0 fully saturated rings. The van der Waals surface area contributed by atoms with E-state index >= 15 is 0 Å². The van der Waals surface area contributed by atoms with Gasteiger partial charge in [-0.3, -0.25) is 4.55 Å². The zero-order chi connectivity index (χ0) is 14.1. The molecule has 2 rings (SSSR count). The third-order valence-corrected chi connectivity index (χ3v) is 5.34. The predicted molar refractivity (Wildman–Crippen MR) is 75.3 cm³/mol. The van der Waals surface area contributed by atoms with Gasteiger partial charge < -0.3 is 0 Å². The first-order valence-corrected chi connectivity index (χ1v) is 8.12. The summed E-state index contributed by atoms with van der Waals surface area (Å²) in [5.41, 5.74) is 0. The SMILES string of the molecule is O=S(=O)(O)c1ccccc1S(=O)(=O)c1ccccc1.[KH]. The summed E-state index contributed by atoms with van der Waals surface area (Å²) in [6.07, 6.45) is 0. The average molecular weight is 338 g/mol. The van der Waals surface area contributed by atoms with E-state index < -0.39 is 29.7 Å². The van der Waals surface area contributed by atoms with E-state index in [-0.39, 0.29) is 56.3 Å². The van der Waals surface area contributed by atoms with Crippen LogP contribution in [0.15, 0.2) is 69.3 Å². The van der Waals surface area contributed by atoms with Gasteiger partial charge in [-0.2, -0.15) is 8.42 Å². The molecule has 0 aliphatic carbocycles. The Morgan fingerprint density at radius 3 is 1.65 bits per heavy atom. The summed E-state index contributed by atoms with van der Waals surface area (Å²) in [6, 6.07) is 12.3. The van der Waals surface area contributed by atoms with Crippen molar-refractivity contribution in [3.8, 4) is 0 Å². The predicted octanol–water partition coefficient (Wildman–Crippen LogP) is 1.12. The van der Waals surface area contributed by atoms with Crippen LogP contribution < -0.4 is 0 Å². The van der Waals surface area contributed by atoms with Gasteiger partial charge in [-0.15, -0.1) is 0 Å². The molecule has 0 unspecified atom stereocenters. The summed E-state index contributed by atoms with van der Waals surface area (Å²) in [5.74, 6) is 0. The van der Waals surface area contributed by atoms with Crippen LogP contribution in [0, 0.1) is 0 Å². The fourth-order valence-corrected chi connectivity index (χ4v) is 4.19. The molecular formula is C12H11KO5S2. The molecule has 0 aliphatic heterocycles. The molecule has 0 atom stereocenters. The third-order valence-electron chi connectivity index (χ3n) is 2.47. The monoisotopic (exact) mass is 338 g/mol. The van der Waals surface area contributed by atoms with Crippen molar-refractivity contribution in [1.29, 1.82) is 0 Å². The molecule has 102 valence electrons. The van der Waals surface area contributed by atoms with Crippen LogP contribution in [0.5, 0.6) is 0 Å². The van der Waals surface area contributed by atoms with Crippen LogP contribution in [0.2, 0.25) is 0 Å². The van der Waals surface area contributed by atoms with Gasteiger partial charge in [-0.1, -0.05) is 30.3 Å². The first-order chi connectivity index (χ1) is 8.83. The van der Waals surface area contributed by atoms with E-state index in [0.29, 0.717) is 0 Å². The minimum atomic E-state index is -4.60. The molecular weight excluding hydrogens is 327 g/mol. The van der Waals surface area contributed by atoms with Gasteiger partial charge in [0.2, 0.25) is 9.84 Å². The molecule has 20 heavy (non-hydrogen) atoms. The second-order valence-corrected chi connectivity index (χ2v) is 7.05. The molecule has 0 heterocycles. The molecule has 2 aromatic rings. The van der Waals surface area contributed by atoms with Crippen molar-refractivity contribution in [3.05, 3.63) is 54.6 Å². The maximum absolute atomic E-state index is 12.3. The number of hydrogen-bond donors (Lipinski definition) is 1. The van der Waals surface area contributed by atoms with Crippen LogP contribution in [-0.2, 0) is 20.0 Å². The van der Waals surface area contributed by atoms with E-state index in [4.69, 9.17) is 4.55 Å². The summed E-state index contributed by atoms with van der Waals surface area (Å²) in [7, 11) is -8.60. The van der Waals surface area contributed by atoms with Crippen LogP contribution >= 0.6 is 0 Å². The summed E-state index contributed by atoms with van der Waals surface area (Å²) in [5, 5.41) is 0. The van der Waals surface area contributed by atoms with Gasteiger partial charge in [0.15, 0.2) is 0 Å². The molecule has 0 saturated carbocycles. The van der Waals surface area contributed by atoms with E-state index in [9.17, 15) is 16.8 Å². The zero-order valence-electron chi connectivity index (χ0n) is 9.59. The second-order valence-electron chi connectivity index (χ2n) is 3.74. The van der Waals surface area contributed by atoms with Crippen LogP contribution in [-0.4, -0.2) is 72.8 Å². The molecule has 0 bridgehead atoms. The normalized spacial score (nSPS) is 11.7. The molecule has 0 aromatic heterocycles. The van der Waals surface area contributed by atoms with Gasteiger partial charge in [-0.05, 0) is 24.3 Å². The number of rotatable bonds is 3. The van der Waals surface area contributed by atoms with E-state index in [0.717, 1.165) is 12.1 Å². The Morgan fingerprint density at radius 1 is 0.700 bits per heavy atom. The molecule has 8 heteroatoms. The van der Waals surface area contributed by atoms with E-state index in [1.54, 1.807) is 6.07 Å². The number of sulfone groups is 1. The molecule has 1 N–H and O–H groups in total. The molecule has 5 nitrogen and oxygen atoms in total. The van der Waals surface area contributed by atoms with Crippen LogP contribution in [0.3, 0.4) is 0 Å². The quantitative estimate of drug-likeness (QED) is 0.669. The van der Waals surface area contributed by atoms with Crippen molar-refractivity contribution in [3.63, 3.8) is 0 Å². The van der Waals surface area contributed by atoms with Gasteiger partial charge in [0.1, 0.15) is 4.90 Å². The van der Waals surface area contributed by atoms with Gasteiger partial charge in [0.25, 0.3) is 10.1 Å². The molecule has 0 radical (unpaired) electrons. The van der Waals surface area contributed by atoms with E-state index in [1.165, 1.54) is 36.4 Å². The van der Waals surface area contributed by atoms with Gasteiger partial charge >= 0.3 is 51.4 Å². The molecule has 0 spiro atoms. The van der Waals surface area contributed by atoms with Crippen molar-refractivity contribution in [1.82, 2.24) is 0 Å². The van der Waals surface area contributed by atoms with Crippen LogP contribution in [0.4, 0.5) is 0 Å². The van der Waals surface area contributed by atoms with E-state index in [1.807, 2.05) is 0 Å². The second kappa shape index (κ2) is 6.80. The standard InChI is InChI=1S/C12H10O5S2.K.H/c13-18(14,10-6-2-1-3-7-10)11-8-4-5-9-12(11)19(15,16)17;;/h1-9H,(H,15,16,17);;. The van der Waals surface area contributed by atoms with Gasteiger partial charge in [0.05, 0.1) is 9.79 Å². The fourth-order valence-electron chi connectivity index (χ4n) is 1.61. The minimum absolute atomic E-state index is 0. The molecule has 2 aromatic carbocycles. The van der Waals surface area contributed by atoms with Crippen molar-refractivity contribution in [2.24, 2.45) is 0 Å². The van der Waals surface area contributed by atoms with Crippen LogP contribution in [0.25, 0.3) is 0 Å². The van der Waals surface area contributed by atoms with Crippen molar-refractivity contribution < 1.29 is 21.4 Å². The van der Waals surface area contributed by atoms with Crippen LogP contribution in [0.1, 0.15) is 0 Å². The topological polar surface area (TPSA) is 88.5 Å². The van der Waals surface area contributed by atoms with E-state index in [2.05, 4.69) is 0 Å². The maximum atomic E-state index is 12.3. The van der Waals surface area contributed by atoms with Gasteiger partial charge in [0, 0.05) is 0 Å².